The molecule has 3 N–H and O–H groups in total. The first-order valence-corrected chi connectivity index (χ1v) is 6.30. The zero-order valence-electron chi connectivity index (χ0n) is 10.9. The van der Waals surface area contributed by atoms with Crippen LogP contribution in [0.1, 0.15) is 46.5 Å². The average molecular weight is 241 g/mol. The van der Waals surface area contributed by atoms with Gasteiger partial charge in [-0.1, -0.05) is 19.0 Å². The van der Waals surface area contributed by atoms with Crippen molar-refractivity contribution in [2.75, 3.05) is 6.54 Å². The molecule has 0 bridgehead atoms. The van der Waals surface area contributed by atoms with Gasteiger partial charge in [0, 0.05) is 12.6 Å². The first-order valence-electron chi connectivity index (χ1n) is 6.30. The molecule has 1 saturated heterocycles. The lowest BCUT2D eigenvalue weighted by Crippen LogP contribution is -2.50. The lowest BCUT2D eigenvalue weighted by atomic mass is 9.84. The van der Waals surface area contributed by atoms with Crippen LogP contribution in [0.4, 0.5) is 0 Å². The van der Waals surface area contributed by atoms with Crippen molar-refractivity contribution in [2.24, 2.45) is 16.3 Å². The molecular formula is C12H23N3O2. The molecule has 0 spiro atoms. The van der Waals surface area contributed by atoms with Gasteiger partial charge in [0.05, 0.1) is 0 Å². The van der Waals surface area contributed by atoms with Crippen LogP contribution in [-0.4, -0.2) is 34.4 Å². The summed E-state index contributed by atoms with van der Waals surface area (Å²) in [5, 5.41) is 11.8. The number of oxime groups is 1. The number of carbonyl (C=O) groups excluding carboxylic acids is 1. The van der Waals surface area contributed by atoms with E-state index in [-0.39, 0.29) is 11.7 Å². The van der Waals surface area contributed by atoms with Gasteiger partial charge in [-0.2, -0.15) is 0 Å². The predicted molar refractivity (Wildman–Crippen MR) is 66.8 cm³/mol. The fourth-order valence-electron chi connectivity index (χ4n) is 2.40. The maximum atomic E-state index is 12.5. The molecule has 1 amide bonds. The summed E-state index contributed by atoms with van der Waals surface area (Å²) in [6, 6.07) is 0.305. The molecule has 0 aliphatic carbocycles. The molecule has 1 rings (SSSR count). The van der Waals surface area contributed by atoms with Crippen LogP contribution in [0.15, 0.2) is 5.16 Å². The van der Waals surface area contributed by atoms with Crippen molar-refractivity contribution in [1.82, 2.24) is 4.90 Å². The van der Waals surface area contributed by atoms with E-state index in [4.69, 9.17) is 10.9 Å². The molecule has 5 heteroatoms. The van der Waals surface area contributed by atoms with Crippen LogP contribution in [0.2, 0.25) is 0 Å². The summed E-state index contributed by atoms with van der Waals surface area (Å²) < 4.78 is 0. The molecule has 0 aromatic heterocycles. The van der Waals surface area contributed by atoms with E-state index in [0.29, 0.717) is 12.5 Å². The predicted octanol–water partition coefficient (Wildman–Crippen LogP) is 1.55. The number of rotatable bonds is 4. The highest BCUT2D eigenvalue weighted by Crippen LogP contribution is 2.30. The fourth-order valence-corrected chi connectivity index (χ4v) is 2.40. The van der Waals surface area contributed by atoms with Gasteiger partial charge in [-0.25, -0.2) is 0 Å². The Kier molecular flexibility index (Phi) is 4.37. The normalized spacial score (nSPS) is 24.8. The monoisotopic (exact) mass is 241 g/mol. The standard InChI is InChI=1S/C12H23N3O2/c1-4-9-7-6-8-15(9)11(16)12(3,5-2)10(13)14-17/h9,17H,4-8H2,1-3H3,(H2,13,14). The highest BCUT2D eigenvalue weighted by molar-refractivity contribution is 6.06. The Morgan fingerprint density at radius 1 is 1.59 bits per heavy atom. The van der Waals surface area contributed by atoms with Crippen LogP contribution in [0, 0.1) is 5.41 Å². The van der Waals surface area contributed by atoms with Gasteiger partial charge >= 0.3 is 0 Å². The first-order chi connectivity index (χ1) is 8.01. The summed E-state index contributed by atoms with van der Waals surface area (Å²) in [6.07, 6.45) is 3.59. The average Bonchev–Trinajstić information content (AvgIpc) is 2.83. The van der Waals surface area contributed by atoms with Gasteiger partial charge in [-0.15, -0.1) is 0 Å². The number of hydrogen-bond donors (Lipinski definition) is 2. The highest BCUT2D eigenvalue weighted by Gasteiger charge is 2.42. The van der Waals surface area contributed by atoms with Crippen LogP contribution in [-0.2, 0) is 4.79 Å². The number of amides is 1. The summed E-state index contributed by atoms with van der Waals surface area (Å²) in [5.41, 5.74) is 4.79. The second-order valence-electron chi connectivity index (χ2n) is 4.87. The van der Waals surface area contributed by atoms with E-state index in [9.17, 15) is 4.79 Å². The lowest BCUT2D eigenvalue weighted by molar-refractivity contribution is -0.138. The van der Waals surface area contributed by atoms with Crippen molar-refractivity contribution >= 4 is 11.7 Å². The van der Waals surface area contributed by atoms with Gasteiger partial charge in [0.2, 0.25) is 5.91 Å². The summed E-state index contributed by atoms with van der Waals surface area (Å²) in [6.45, 7) is 6.50. The quantitative estimate of drug-likeness (QED) is 0.339. The number of likely N-dealkylation sites (tertiary alicyclic amines) is 1. The minimum Gasteiger partial charge on any atom is -0.409 e. The Morgan fingerprint density at radius 3 is 2.71 bits per heavy atom. The molecule has 0 aromatic rings. The van der Waals surface area contributed by atoms with Crippen molar-refractivity contribution in [1.29, 1.82) is 0 Å². The molecule has 98 valence electrons. The maximum Gasteiger partial charge on any atom is 0.236 e. The van der Waals surface area contributed by atoms with E-state index in [1.807, 2.05) is 11.8 Å². The van der Waals surface area contributed by atoms with Crippen molar-refractivity contribution in [3.05, 3.63) is 0 Å². The molecule has 1 fully saturated rings. The van der Waals surface area contributed by atoms with Crippen LogP contribution >= 0.6 is 0 Å². The van der Waals surface area contributed by atoms with Crippen LogP contribution in [0.5, 0.6) is 0 Å². The van der Waals surface area contributed by atoms with Crippen LogP contribution in [0.3, 0.4) is 0 Å². The van der Waals surface area contributed by atoms with E-state index in [2.05, 4.69) is 12.1 Å². The Balaban J connectivity index is 2.93. The minimum absolute atomic E-state index is 0.00625. The molecular weight excluding hydrogens is 218 g/mol. The summed E-state index contributed by atoms with van der Waals surface area (Å²) in [7, 11) is 0. The van der Waals surface area contributed by atoms with Gasteiger partial charge < -0.3 is 15.8 Å². The fraction of sp³-hybridized carbons (Fsp3) is 0.833. The zero-order valence-corrected chi connectivity index (χ0v) is 10.9. The Bertz CT molecular complexity index is 317. The lowest BCUT2D eigenvalue weighted by Gasteiger charge is -2.33. The van der Waals surface area contributed by atoms with E-state index in [0.717, 1.165) is 25.8 Å². The molecule has 5 nitrogen and oxygen atoms in total. The number of nitrogens with two attached hydrogens (primary N) is 1. The van der Waals surface area contributed by atoms with E-state index in [1.165, 1.54) is 0 Å². The number of hydrogen-bond acceptors (Lipinski definition) is 3. The van der Waals surface area contributed by atoms with E-state index in [1.54, 1.807) is 6.92 Å². The van der Waals surface area contributed by atoms with E-state index >= 15 is 0 Å². The second kappa shape index (κ2) is 5.38. The number of carbonyl (C=O) groups is 1. The SMILES string of the molecule is CCC1CCCN1C(=O)C(C)(CC)C(N)=NO. The van der Waals surface area contributed by atoms with E-state index < -0.39 is 5.41 Å². The molecule has 0 radical (unpaired) electrons. The number of amidine groups is 1. The molecule has 1 aliphatic heterocycles. The van der Waals surface area contributed by atoms with Crippen LogP contribution in [0.25, 0.3) is 0 Å². The summed E-state index contributed by atoms with van der Waals surface area (Å²) >= 11 is 0. The summed E-state index contributed by atoms with van der Waals surface area (Å²) in [5.74, 6) is -0.00796. The topological polar surface area (TPSA) is 78.9 Å². The molecule has 1 aliphatic rings. The third-order valence-corrected chi connectivity index (χ3v) is 3.96. The van der Waals surface area contributed by atoms with Crippen molar-refractivity contribution in [2.45, 2.75) is 52.5 Å². The van der Waals surface area contributed by atoms with Gasteiger partial charge in [-0.3, -0.25) is 4.79 Å². The first kappa shape index (κ1) is 13.8. The Hall–Kier alpha value is -1.26. The Morgan fingerprint density at radius 2 is 2.24 bits per heavy atom. The van der Waals surface area contributed by atoms with Gasteiger partial charge in [-0.05, 0) is 32.6 Å². The molecule has 0 saturated carbocycles. The highest BCUT2D eigenvalue weighted by atomic mass is 16.4. The van der Waals surface area contributed by atoms with Crippen LogP contribution < -0.4 is 5.73 Å². The van der Waals surface area contributed by atoms with Gasteiger partial charge in [0.15, 0.2) is 5.84 Å². The Labute approximate surface area is 103 Å². The molecule has 1 heterocycles. The second-order valence-corrected chi connectivity index (χ2v) is 4.87. The maximum absolute atomic E-state index is 12.5. The molecule has 17 heavy (non-hydrogen) atoms. The van der Waals surface area contributed by atoms with Crippen molar-refractivity contribution < 1.29 is 10.0 Å². The number of nitrogens with zero attached hydrogens (tertiary/aromatic N) is 2. The van der Waals surface area contributed by atoms with Crippen molar-refractivity contribution in [3.8, 4) is 0 Å². The molecule has 2 atom stereocenters. The van der Waals surface area contributed by atoms with Gasteiger partial charge in [0.25, 0.3) is 0 Å². The van der Waals surface area contributed by atoms with Crippen molar-refractivity contribution in [3.63, 3.8) is 0 Å². The zero-order chi connectivity index (χ0) is 13.1. The third kappa shape index (κ3) is 2.37. The smallest absolute Gasteiger partial charge is 0.236 e. The molecule has 0 aromatic carbocycles. The molecule has 2 unspecified atom stereocenters. The summed E-state index contributed by atoms with van der Waals surface area (Å²) in [4.78, 5) is 14.4. The minimum atomic E-state index is -0.882. The third-order valence-electron chi connectivity index (χ3n) is 3.96. The largest absolute Gasteiger partial charge is 0.409 e. The van der Waals surface area contributed by atoms with Gasteiger partial charge in [0.1, 0.15) is 5.41 Å².